The van der Waals surface area contributed by atoms with Crippen LogP contribution >= 0.6 is 11.3 Å². The van der Waals surface area contributed by atoms with E-state index in [-0.39, 0.29) is 5.82 Å². The van der Waals surface area contributed by atoms with Crippen molar-refractivity contribution in [2.24, 2.45) is 0 Å². The molecular weight excluding hydrogens is 287 g/mol. The van der Waals surface area contributed by atoms with E-state index in [1.165, 1.54) is 23.5 Å². The predicted octanol–water partition coefficient (Wildman–Crippen LogP) is 4.11. The van der Waals surface area contributed by atoms with Crippen LogP contribution in [0.3, 0.4) is 0 Å². The molecule has 0 atom stereocenters. The van der Waals surface area contributed by atoms with E-state index in [0.717, 1.165) is 22.6 Å². The van der Waals surface area contributed by atoms with E-state index in [9.17, 15) is 4.39 Å². The molecule has 0 amide bonds. The monoisotopic (exact) mass is 300 g/mol. The fraction of sp³-hybridized carbons (Fsp3) is 0.0625. The molecule has 21 heavy (non-hydrogen) atoms. The number of nitrogens with zero attached hydrogens (tertiary/aromatic N) is 1. The molecule has 3 rings (SSSR count). The average Bonchev–Trinajstić information content (AvgIpc) is 2.94. The van der Waals surface area contributed by atoms with E-state index in [2.05, 4.69) is 4.98 Å². The number of rotatable bonds is 4. The number of nitrogens with two attached hydrogens (primary N) is 1. The fourth-order valence-corrected chi connectivity index (χ4v) is 2.46. The van der Waals surface area contributed by atoms with Crippen LogP contribution < -0.4 is 10.5 Å². The van der Waals surface area contributed by atoms with E-state index in [4.69, 9.17) is 10.5 Å². The number of anilines is 1. The second kappa shape index (κ2) is 5.93. The van der Waals surface area contributed by atoms with Gasteiger partial charge < -0.3 is 10.5 Å². The molecule has 0 unspecified atom stereocenters. The number of nitrogen functional groups attached to an aromatic ring is 1. The van der Waals surface area contributed by atoms with Crippen LogP contribution in [0.5, 0.6) is 5.75 Å². The van der Waals surface area contributed by atoms with Crippen LogP contribution in [0.15, 0.2) is 53.9 Å². The van der Waals surface area contributed by atoms with Crippen molar-refractivity contribution in [2.75, 3.05) is 5.73 Å². The van der Waals surface area contributed by atoms with Gasteiger partial charge in [0.25, 0.3) is 0 Å². The Kier molecular flexibility index (Phi) is 3.83. The van der Waals surface area contributed by atoms with Crippen LogP contribution in [0.1, 0.15) is 5.56 Å². The third kappa shape index (κ3) is 3.38. The quantitative estimate of drug-likeness (QED) is 0.788. The van der Waals surface area contributed by atoms with Gasteiger partial charge in [0, 0.05) is 10.9 Å². The van der Waals surface area contributed by atoms with E-state index >= 15 is 0 Å². The Morgan fingerprint density at radius 2 is 1.76 bits per heavy atom. The first-order valence-corrected chi connectivity index (χ1v) is 7.27. The van der Waals surface area contributed by atoms with Crippen LogP contribution in [0.2, 0.25) is 0 Å². The highest BCUT2D eigenvalue weighted by Crippen LogP contribution is 2.25. The molecule has 0 aliphatic heterocycles. The first-order valence-electron chi connectivity index (χ1n) is 6.39. The summed E-state index contributed by atoms with van der Waals surface area (Å²) in [5.41, 5.74) is 8.41. The van der Waals surface area contributed by atoms with Crippen molar-refractivity contribution < 1.29 is 9.13 Å². The van der Waals surface area contributed by atoms with Crippen molar-refractivity contribution >= 4 is 16.5 Å². The number of benzene rings is 2. The van der Waals surface area contributed by atoms with Gasteiger partial charge in [-0.2, -0.15) is 0 Å². The van der Waals surface area contributed by atoms with Crippen LogP contribution in [0, 0.1) is 5.82 Å². The zero-order valence-electron chi connectivity index (χ0n) is 11.1. The van der Waals surface area contributed by atoms with Crippen LogP contribution in [0.4, 0.5) is 9.52 Å². The molecule has 0 bridgehead atoms. The minimum absolute atomic E-state index is 0.245. The van der Waals surface area contributed by atoms with Crippen LogP contribution in [-0.4, -0.2) is 4.98 Å². The largest absolute Gasteiger partial charge is 0.489 e. The molecule has 3 aromatic rings. The normalized spacial score (nSPS) is 10.5. The fourth-order valence-electron chi connectivity index (χ4n) is 1.89. The molecule has 0 saturated heterocycles. The number of thiazole rings is 1. The third-order valence-electron chi connectivity index (χ3n) is 2.99. The van der Waals surface area contributed by atoms with Gasteiger partial charge in [0.1, 0.15) is 18.2 Å². The van der Waals surface area contributed by atoms with Crippen LogP contribution in [-0.2, 0) is 6.61 Å². The summed E-state index contributed by atoms with van der Waals surface area (Å²) in [4.78, 5) is 4.23. The molecule has 0 saturated carbocycles. The highest BCUT2D eigenvalue weighted by molar-refractivity contribution is 7.13. The van der Waals surface area contributed by atoms with Gasteiger partial charge in [-0.1, -0.05) is 12.1 Å². The highest BCUT2D eigenvalue weighted by atomic mass is 32.1. The summed E-state index contributed by atoms with van der Waals surface area (Å²) in [5, 5.41) is 2.48. The molecule has 0 fully saturated rings. The lowest BCUT2D eigenvalue weighted by molar-refractivity contribution is 0.306. The van der Waals surface area contributed by atoms with Gasteiger partial charge in [0.05, 0.1) is 5.69 Å². The second-order valence-electron chi connectivity index (χ2n) is 4.51. The van der Waals surface area contributed by atoms with Gasteiger partial charge in [0.15, 0.2) is 5.13 Å². The standard InChI is InChI=1S/C16H13FN2OS/c17-13-5-1-11(2-6-13)9-20-14-7-3-12(4-8-14)15-10-21-16(18)19-15/h1-8,10H,9H2,(H2,18,19). The van der Waals surface area contributed by atoms with Crippen molar-refractivity contribution in [1.82, 2.24) is 4.98 Å². The van der Waals surface area contributed by atoms with Crippen molar-refractivity contribution in [2.45, 2.75) is 6.61 Å². The molecule has 1 aromatic heterocycles. The molecule has 0 spiro atoms. The first-order chi connectivity index (χ1) is 10.2. The molecule has 1 heterocycles. The molecule has 3 nitrogen and oxygen atoms in total. The van der Waals surface area contributed by atoms with Gasteiger partial charge >= 0.3 is 0 Å². The van der Waals surface area contributed by atoms with Crippen molar-refractivity contribution in [3.63, 3.8) is 0 Å². The number of hydrogen-bond acceptors (Lipinski definition) is 4. The Bertz CT molecular complexity index is 723. The van der Waals surface area contributed by atoms with Crippen molar-refractivity contribution in [1.29, 1.82) is 0 Å². The zero-order valence-corrected chi connectivity index (χ0v) is 11.9. The summed E-state index contributed by atoms with van der Waals surface area (Å²) in [6, 6.07) is 13.9. The average molecular weight is 300 g/mol. The molecular formula is C16H13FN2OS. The van der Waals surface area contributed by atoms with E-state index in [0.29, 0.717) is 11.7 Å². The third-order valence-corrected chi connectivity index (χ3v) is 3.66. The summed E-state index contributed by atoms with van der Waals surface area (Å²) in [6.45, 7) is 0.406. The Morgan fingerprint density at radius 1 is 1.05 bits per heavy atom. The van der Waals surface area contributed by atoms with Gasteiger partial charge in [-0.05, 0) is 42.0 Å². The lowest BCUT2D eigenvalue weighted by Crippen LogP contribution is -1.95. The summed E-state index contributed by atoms with van der Waals surface area (Å²) in [6.07, 6.45) is 0. The molecule has 5 heteroatoms. The smallest absolute Gasteiger partial charge is 0.180 e. The van der Waals surface area contributed by atoms with Gasteiger partial charge in [-0.25, -0.2) is 9.37 Å². The predicted molar refractivity (Wildman–Crippen MR) is 82.7 cm³/mol. The Morgan fingerprint density at radius 3 is 2.38 bits per heavy atom. The van der Waals surface area contributed by atoms with E-state index in [1.54, 1.807) is 12.1 Å². The highest BCUT2D eigenvalue weighted by Gasteiger charge is 2.03. The number of hydrogen-bond donors (Lipinski definition) is 1. The van der Waals surface area contributed by atoms with Gasteiger partial charge in [0.2, 0.25) is 0 Å². The minimum Gasteiger partial charge on any atom is -0.489 e. The molecule has 2 aromatic carbocycles. The van der Waals surface area contributed by atoms with Crippen molar-refractivity contribution in [3.8, 4) is 17.0 Å². The molecule has 0 aliphatic rings. The maximum absolute atomic E-state index is 12.8. The first kappa shape index (κ1) is 13.6. The summed E-state index contributed by atoms with van der Waals surface area (Å²) in [5.74, 6) is 0.511. The molecule has 2 N–H and O–H groups in total. The summed E-state index contributed by atoms with van der Waals surface area (Å²) >= 11 is 1.42. The Hall–Kier alpha value is -2.40. The van der Waals surface area contributed by atoms with Crippen LogP contribution in [0.25, 0.3) is 11.3 Å². The SMILES string of the molecule is Nc1nc(-c2ccc(OCc3ccc(F)cc3)cc2)cs1. The minimum atomic E-state index is -0.245. The number of ether oxygens (including phenoxy) is 1. The topological polar surface area (TPSA) is 48.1 Å². The van der Waals surface area contributed by atoms with Gasteiger partial charge in [-0.15, -0.1) is 11.3 Å². The lowest BCUT2D eigenvalue weighted by atomic mass is 10.2. The summed E-state index contributed by atoms with van der Waals surface area (Å²) < 4.78 is 18.5. The Balaban J connectivity index is 1.65. The Labute approximate surface area is 125 Å². The lowest BCUT2D eigenvalue weighted by Gasteiger charge is -2.07. The maximum atomic E-state index is 12.8. The van der Waals surface area contributed by atoms with Gasteiger partial charge in [-0.3, -0.25) is 0 Å². The molecule has 106 valence electrons. The number of aromatic nitrogens is 1. The van der Waals surface area contributed by atoms with E-state index < -0.39 is 0 Å². The maximum Gasteiger partial charge on any atom is 0.180 e. The summed E-state index contributed by atoms with van der Waals surface area (Å²) in [7, 11) is 0. The second-order valence-corrected chi connectivity index (χ2v) is 5.40. The van der Waals surface area contributed by atoms with Crippen molar-refractivity contribution in [3.05, 3.63) is 65.3 Å². The molecule has 0 radical (unpaired) electrons. The zero-order chi connectivity index (χ0) is 14.7. The van der Waals surface area contributed by atoms with E-state index in [1.807, 2.05) is 29.6 Å². The number of halogens is 1. The molecule has 0 aliphatic carbocycles.